The molecule has 120 valence electrons. The van der Waals surface area contributed by atoms with Gasteiger partial charge in [-0.15, -0.1) is 0 Å². The zero-order valence-electron chi connectivity index (χ0n) is 13.0. The molecule has 7 nitrogen and oxygen atoms in total. The fourth-order valence-electron chi connectivity index (χ4n) is 2.36. The SMILES string of the molecule is COCCNc1cncc(C(=O)N2CCN(C(C)=O)CC2)c1. The molecular formula is C15H22N4O3. The van der Waals surface area contributed by atoms with Gasteiger partial charge in [0.15, 0.2) is 0 Å². The van der Waals surface area contributed by atoms with Crippen molar-refractivity contribution in [3.05, 3.63) is 24.0 Å². The summed E-state index contributed by atoms with van der Waals surface area (Å²) < 4.78 is 4.98. The minimum absolute atomic E-state index is 0.0499. The molecule has 7 heteroatoms. The van der Waals surface area contributed by atoms with Crippen molar-refractivity contribution in [3.8, 4) is 0 Å². The van der Waals surface area contributed by atoms with Crippen LogP contribution >= 0.6 is 0 Å². The first kappa shape index (κ1) is 16.2. The highest BCUT2D eigenvalue weighted by Crippen LogP contribution is 2.12. The molecule has 0 unspecified atom stereocenters. The van der Waals surface area contributed by atoms with E-state index in [1.807, 2.05) is 0 Å². The molecule has 0 spiro atoms. The van der Waals surface area contributed by atoms with Gasteiger partial charge in [0.2, 0.25) is 5.91 Å². The van der Waals surface area contributed by atoms with Crippen molar-refractivity contribution in [2.75, 3.05) is 51.8 Å². The topological polar surface area (TPSA) is 74.8 Å². The molecule has 1 saturated heterocycles. The highest BCUT2D eigenvalue weighted by molar-refractivity contribution is 5.95. The molecule has 22 heavy (non-hydrogen) atoms. The molecule has 0 atom stereocenters. The van der Waals surface area contributed by atoms with Crippen LogP contribution in [0.4, 0.5) is 5.69 Å². The molecule has 1 aliphatic rings. The largest absolute Gasteiger partial charge is 0.383 e. The number of ether oxygens (including phenoxy) is 1. The van der Waals surface area contributed by atoms with E-state index in [-0.39, 0.29) is 11.8 Å². The van der Waals surface area contributed by atoms with Gasteiger partial charge in [0.1, 0.15) is 0 Å². The minimum Gasteiger partial charge on any atom is -0.383 e. The zero-order valence-corrected chi connectivity index (χ0v) is 13.0. The molecule has 0 radical (unpaired) electrons. The maximum absolute atomic E-state index is 12.5. The number of piperazine rings is 1. The number of amides is 2. The summed E-state index contributed by atoms with van der Waals surface area (Å²) in [6, 6.07) is 1.79. The number of aromatic nitrogens is 1. The normalized spacial score (nSPS) is 14.8. The summed E-state index contributed by atoms with van der Waals surface area (Å²) in [7, 11) is 1.64. The van der Waals surface area contributed by atoms with E-state index in [0.29, 0.717) is 44.9 Å². The smallest absolute Gasteiger partial charge is 0.255 e. The summed E-state index contributed by atoms with van der Waals surface area (Å²) in [6.45, 7) is 5.08. The predicted molar refractivity (Wildman–Crippen MR) is 82.8 cm³/mol. The van der Waals surface area contributed by atoms with E-state index in [4.69, 9.17) is 4.74 Å². The Kier molecular flexibility index (Phi) is 5.71. The summed E-state index contributed by atoms with van der Waals surface area (Å²) >= 11 is 0. The van der Waals surface area contributed by atoms with Crippen LogP contribution in [0.2, 0.25) is 0 Å². The summed E-state index contributed by atoms with van der Waals surface area (Å²) in [4.78, 5) is 31.4. The van der Waals surface area contributed by atoms with Gasteiger partial charge in [-0.3, -0.25) is 14.6 Å². The van der Waals surface area contributed by atoms with Crippen LogP contribution in [-0.2, 0) is 9.53 Å². The Bertz CT molecular complexity index is 527. The number of rotatable bonds is 5. The number of hydrogen-bond donors (Lipinski definition) is 1. The molecule has 1 N–H and O–H groups in total. The van der Waals surface area contributed by atoms with Gasteiger partial charge >= 0.3 is 0 Å². The third-order valence-electron chi connectivity index (χ3n) is 3.63. The van der Waals surface area contributed by atoms with E-state index in [1.165, 1.54) is 0 Å². The van der Waals surface area contributed by atoms with Crippen molar-refractivity contribution in [3.63, 3.8) is 0 Å². The molecule has 1 aromatic heterocycles. The number of hydrogen-bond acceptors (Lipinski definition) is 5. The number of carbonyl (C=O) groups is 2. The Balaban J connectivity index is 1.95. The van der Waals surface area contributed by atoms with Gasteiger partial charge in [-0.2, -0.15) is 0 Å². The van der Waals surface area contributed by atoms with Gasteiger partial charge in [0.25, 0.3) is 5.91 Å². The fourth-order valence-corrected chi connectivity index (χ4v) is 2.36. The monoisotopic (exact) mass is 306 g/mol. The standard InChI is InChI=1S/C15H22N4O3/c1-12(20)18-4-6-19(7-5-18)15(21)13-9-14(11-16-10-13)17-3-8-22-2/h9-11,17H,3-8H2,1-2H3. The van der Waals surface area contributed by atoms with Crippen molar-refractivity contribution in [1.82, 2.24) is 14.8 Å². The molecule has 0 aliphatic carbocycles. The van der Waals surface area contributed by atoms with Crippen molar-refractivity contribution >= 4 is 17.5 Å². The average molecular weight is 306 g/mol. The fraction of sp³-hybridized carbons (Fsp3) is 0.533. The Morgan fingerprint density at radius 1 is 1.23 bits per heavy atom. The van der Waals surface area contributed by atoms with Crippen LogP contribution < -0.4 is 5.32 Å². The predicted octanol–water partition coefficient (Wildman–Crippen LogP) is 0.444. The Hall–Kier alpha value is -2.15. The first-order valence-electron chi connectivity index (χ1n) is 7.34. The number of anilines is 1. The van der Waals surface area contributed by atoms with Crippen LogP contribution in [0.25, 0.3) is 0 Å². The zero-order chi connectivity index (χ0) is 15.9. The second-order valence-corrected chi connectivity index (χ2v) is 5.18. The van der Waals surface area contributed by atoms with Gasteiger partial charge < -0.3 is 19.9 Å². The molecule has 0 aromatic carbocycles. The minimum atomic E-state index is -0.0499. The highest BCUT2D eigenvalue weighted by Gasteiger charge is 2.23. The second kappa shape index (κ2) is 7.74. The summed E-state index contributed by atoms with van der Waals surface area (Å²) in [5, 5.41) is 3.15. The van der Waals surface area contributed by atoms with Crippen LogP contribution in [0.5, 0.6) is 0 Å². The third-order valence-corrected chi connectivity index (χ3v) is 3.63. The molecule has 2 amide bonds. The second-order valence-electron chi connectivity index (χ2n) is 5.18. The van der Waals surface area contributed by atoms with Crippen LogP contribution in [-0.4, -0.2) is 73.0 Å². The van der Waals surface area contributed by atoms with E-state index < -0.39 is 0 Å². The van der Waals surface area contributed by atoms with E-state index in [9.17, 15) is 9.59 Å². The van der Waals surface area contributed by atoms with Crippen LogP contribution in [0, 0.1) is 0 Å². The lowest BCUT2D eigenvalue weighted by Gasteiger charge is -2.34. The lowest BCUT2D eigenvalue weighted by Crippen LogP contribution is -2.50. The highest BCUT2D eigenvalue weighted by atomic mass is 16.5. The molecule has 1 aromatic rings. The quantitative estimate of drug-likeness (QED) is 0.799. The molecule has 0 saturated carbocycles. The number of nitrogens with zero attached hydrogens (tertiary/aromatic N) is 3. The molecule has 2 rings (SSSR count). The van der Waals surface area contributed by atoms with Gasteiger partial charge in [-0.25, -0.2) is 0 Å². The molecule has 0 bridgehead atoms. The van der Waals surface area contributed by atoms with E-state index in [2.05, 4.69) is 10.3 Å². The van der Waals surface area contributed by atoms with E-state index in [1.54, 1.807) is 42.3 Å². The lowest BCUT2D eigenvalue weighted by molar-refractivity contribution is -0.130. The van der Waals surface area contributed by atoms with Gasteiger partial charge in [0.05, 0.1) is 17.9 Å². The van der Waals surface area contributed by atoms with Crippen molar-refractivity contribution in [1.29, 1.82) is 0 Å². The Labute approximate surface area is 130 Å². The number of pyridine rings is 1. The molecule has 1 fully saturated rings. The average Bonchev–Trinajstić information content (AvgIpc) is 2.55. The first-order chi connectivity index (χ1) is 10.6. The number of methoxy groups -OCH3 is 1. The molecule has 1 aliphatic heterocycles. The van der Waals surface area contributed by atoms with Crippen LogP contribution in [0.15, 0.2) is 18.5 Å². The molecule has 2 heterocycles. The van der Waals surface area contributed by atoms with E-state index >= 15 is 0 Å². The summed E-state index contributed by atoms with van der Waals surface area (Å²) in [5.41, 5.74) is 1.35. The van der Waals surface area contributed by atoms with Crippen LogP contribution in [0.3, 0.4) is 0 Å². The Morgan fingerprint density at radius 2 is 1.91 bits per heavy atom. The molecular weight excluding hydrogens is 284 g/mol. The van der Waals surface area contributed by atoms with Crippen molar-refractivity contribution in [2.24, 2.45) is 0 Å². The summed E-state index contributed by atoms with van der Waals surface area (Å²) in [5.74, 6) is 0.00389. The van der Waals surface area contributed by atoms with Gasteiger partial charge in [0, 0.05) is 59.2 Å². The van der Waals surface area contributed by atoms with E-state index in [0.717, 1.165) is 5.69 Å². The van der Waals surface area contributed by atoms with Gasteiger partial charge in [-0.1, -0.05) is 0 Å². The maximum Gasteiger partial charge on any atom is 0.255 e. The third kappa shape index (κ3) is 4.17. The first-order valence-corrected chi connectivity index (χ1v) is 7.34. The van der Waals surface area contributed by atoms with Gasteiger partial charge in [-0.05, 0) is 6.07 Å². The Morgan fingerprint density at radius 3 is 2.55 bits per heavy atom. The lowest BCUT2D eigenvalue weighted by atomic mass is 10.2. The van der Waals surface area contributed by atoms with Crippen molar-refractivity contribution < 1.29 is 14.3 Å². The number of carbonyl (C=O) groups excluding carboxylic acids is 2. The van der Waals surface area contributed by atoms with Crippen molar-refractivity contribution in [2.45, 2.75) is 6.92 Å². The number of nitrogens with one attached hydrogen (secondary N) is 1. The summed E-state index contributed by atoms with van der Waals surface area (Å²) in [6.07, 6.45) is 3.25. The maximum atomic E-state index is 12.5. The van der Waals surface area contributed by atoms with Crippen LogP contribution in [0.1, 0.15) is 17.3 Å².